The minimum absolute atomic E-state index is 0.0454. The van der Waals surface area contributed by atoms with Crippen LogP contribution in [-0.2, 0) is 11.3 Å². The largest absolute Gasteiger partial charge is 0.369 e. The molecular formula is C11H16N4O. The Hall–Kier alpha value is -1.62. The minimum Gasteiger partial charge on any atom is -0.369 e. The summed E-state index contributed by atoms with van der Waals surface area (Å²) in [5.74, 6) is 0.623. The van der Waals surface area contributed by atoms with Crippen molar-refractivity contribution in [2.45, 2.75) is 13.0 Å². The van der Waals surface area contributed by atoms with E-state index in [0.29, 0.717) is 13.1 Å². The molecule has 0 bridgehead atoms. The van der Waals surface area contributed by atoms with Crippen LogP contribution in [0.1, 0.15) is 12.0 Å². The van der Waals surface area contributed by atoms with E-state index in [9.17, 15) is 4.79 Å². The average molecular weight is 220 g/mol. The van der Waals surface area contributed by atoms with Crippen LogP contribution >= 0.6 is 0 Å². The van der Waals surface area contributed by atoms with Crippen LogP contribution < -0.4 is 16.4 Å². The second kappa shape index (κ2) is 4.49. The Morgan fingerprint density at radius 2 is 2.38 bits per heavy atom. The lowest BCUT2D eigenvalue weighted by Crippen LogP contribution is -2.27. The Balaban J connectivity index is 2.05. The number of nitrogens with zero attached hydrogens (tertiary/aromatic N) is 2. The maximum atomic E-state index is 11.0. The van der Waals surface area contributed by atoms with E-state index in [1.54, 1.807) is 6.20 Å². The van der Waals surface area contributed by atoms with E-state index in [1.165, 1.54) is 0 Å². The molecule has 86 valence electrons. The molecule has 0 spiro atoms. The lowest BCUT2D eigenvalue weighted by molar-refractivity contribution is -0.121. The molecule has 1 aliphatic heterocycles. The highest BCUT2D eigenvalue weighted by molar-refractivity contribution is 5.78. The molecule has 1 atom stereocenters. The maximum Gasteiger partial charge on any atom is 0.222 e. The third-order valence-corrected chi connectivity index (χ3v) is 2.96. The van der Waals surface area contributed by atoms with Crippen molar-refractivity contribution < 1.29 is 4.79 Å². The van der Waals surface area contributed by atoms with Gasteiger partial charge >= 0.3 is 0 Å². The third-order valence-electron chi connectivity index (χ3n) is 2.96. The molecule has 1 unspecified atom stereocenters. The van der Waals surface area contributed by atoms with Crippen molar-refractivity contribution in [3.05, 3.63) is 23.9 Å². The fourth-order valence-electron chi connectivity index (χ4n) is 1.93. The molecule has 5 heteroatoms. The molecule has 4 N–H and O–H groups in total. The number of carbonyl (C=O) groups excluding carboxylic acids is 1. The zero-order valence-corrected chi connectivity index (χ0v) is 9.10. The van der Waals surface area contributed by atoms with Gasteiger partial charge in [-0.3, -0.25) is 4.79 Å². The third kappa shape index (κ3) is 2.14. The van der Waals surface area contributed by atoms with Crippen molar-refractivity contribution in [3.8, 4) is 0 Å². The Bertz CT molecular complexity index is 376. The molecule has 0 aromatic carbocycles. The van der Waals surface area contributed by atoms with Gasteiger partial charge in [-0.05, 0) is 18.1 Å². The highest BCUT2D eigenvalue weighted by Gasteiger charge is 2.27. The maximum absolute atomic E-state index is 11.0. The van der Waals surface area contributed by atoms with Gasteiger partial charge in [0.1, 0.15) is 5.82 Å². The zero-order chi connectivity index (χ0) is 11.5. The first-order valence-electron chi connectivity index (χ1n) is 5.40. The van der Waals surface area contributed by atoms with Crippen molar-refractivity contribution in [3.63, 3.8) is 0 Å². The molecule has 1 aromatic heterocycles. The summed E-state index contributed by atoms with van der Waals surface area (Å²) in [5.41, 5.74) is 11.8. The van der Waals surface area contributed by atoms with E-state index in [2.05, 4.69) is 9.88 Å². The molecule has 1 fully saturated rings. The number of amides is 1. The average Bonchev–Trinajstić information content (AvgIpc) is 2.78. The van der Waals surface area contributed by atoms with E-state index in [4.69, 9.17) is 11.5 Å². The van der Waals surface area contributed by atoms with Crippen LogP contribution in [-0.4, -0.2) is 24.0 Å². The number of carbonyl (C=O) groups is 1. The summed E-state index contributed by atoms with van der Waals surface area (Å²) >= 11 is 0. The van der Waals surface area contributed by atoms with Crippen LogP contribution in [0.3, 0.4) is 0 Å². The van der Waals surface area contributed by atoms with Gasteiger partial charge in [0.25, 0.3) is 0 Å². The summed E-state index contributed by atoms with van der Waals surface area (Å²) in [6.07, 6.45) is 2.59. The van der Waals surface area contributed by atoms with E-state index >= 15 is 0 Å². The fourth-order valence-corrected chi connectivity index (χ4v) is 1.93. The highest BCUT2D eigenvalue weighted by Crippen LogP contribution is 2.21. The van der Waals surface area contributed by atoms with Crippen LogP contribution in [0.25, 0.3) is 0 Å². The summed E-state index contributed by atoms with van der Waals surface area (Å²) in [5, 5.41) is 0. The predicted molar refractivity (Wildman–Crippen MR) is 61.6 cm³/mol. The van der Waals surface area contributed by atoms with Crippen LogP contribution in [0.5, 0.6) is 0 Å². The first-order chi connectivity index (χ1) is 7.70. The number of anilines is 1. The molecule has 0 radical (unpaired) electrons. The van der Waals surface area contributed by atoms with Gasteiger partial charge in [0.15, 0.2) is 0 Å². The summed E-state index contributed by atoms with van der Waals surface area (Å²) in [4.78, 5) is 17.4. The number of hydrogen-bond acceptors (Lipinski definition) is 4. The molecule has 1 aromatic rings. The second-order valence-corrected chi connectivity index (χ2v) is 4.06. The van der Waals surface area contributed by atoms with Crippen LogP contribution in [0.2, 0.25) is 0 Å². The van der Waals surface area contributed by atoms with Gasteiger partial charge in [0.05, 0.1) is 5.92 Å². The number of hydrogen-bond donors (Lipinski definition) is 2. The lowest BCUT2D eigenvalue weighted by atomic mass is 10.1. The Morgan fingerprint density at radius 3 is 2.88 bits per heavy atom. The number of nitrogens with two attached hydrogens (primary N) is 2. The van der Waals surface area contributed by atoms with Crippen LogP contribution in [0, 0.1) is 5.92 Å². The predicted octanol–water partition coefficient (Wildman–Crippen LogP) is -0.148. The molecule has 1 aliphatic rings. The smallest absolute Gasteiger partial charge is 0.222 e. The van der Waals surface area contributed by atoms with E-state index in [0.717, 1.165) is 24.3 Å². The van der Waals surface area contributed by atoms with Crippen molar-refractivity contribution in [2.24, 2.45) is 17.4 Å². The van der Waals surface area contributed by atoms with E-state index < -0.39 is 0 Å². The van der Waals surface area contributed by atoms with Crippen molar-refractivity contribution in [1.82, 2.24) is 4.98 Å². The lowest BCUT2D eigenvalue weighted by Gasteiger charge is -2.16. The number of pyridine rings is 1. The van der Waals surface area contributed by atoms with Gasteiger partial charge in [-0.15, -0.1) is 0 Å². The number of rotatable bonds is 3. The van der Waals surface area contributed by atoms with Crippen molar-refractivity contribution in [2.75, 3.05) is 18.0 Å². The van der Waals surface area contributed by atoms with Crippen LogP contribution in [0.4, 0.5) is 5.82 Å². The second-order valence-electron chi connectivity index (χ2n) is 4.06. The Kier molecular flexibility index (Phi) is 3.05. The normalized spacial score (nSPS) is 20.1. The topological polar surface area (TPSA) is 85.2 Å². The van der Waals surface area contributed by atoms with Crippen molar-refractivity contribution in [1.29, 1.82) is 0 Å². The summed E-state index contributed by atoms with van der Waals surface area (Å²) in [6, 6.07) is 3.89. The summed E-state index contributed by atoms with van der Waals surface area (Å²) < 4.78 is 0. The molecule has 2 rings (SSSR count). The van der Waals surface area contributed by atoms with Crippen molar-refractivity contribution >= 4 is 11.7 Å². The number of primary amides is 1. The molecule has 16 heavy (non-hydrogen) atoms. The molecule has 1 saturated heterocycles. The highest BCUT2D eigenvalue weighted by atomic mass is 16.1. The molecule has 0 saturated carbocycles. The summed E-state index contributed by atoms with van der Waals surface area (Å²) in [6.45, 7) is 2.00. The van der Waals surface area contributed by atoms with Gasteiger partial charge in [0.2, 0.25) is 5.91 Å². The first kappa shape index (κ1) is 10.9. The zero-order valence-electron chi connectivity index (χ0n) is 9.10. The van der Waals surface area contributed by atoms with Gasteiger partial charge in [-0.2, -0.15) is 0 Å². The van der Waals surface area contributed by atoms with Crippen LogP contribution in [0.15, 0.2) is 18.3 Å². The molecule has 0 aliphatic carbocycles. The molecule has 1 amide bonds. The molecule has 5 nitrogen and oxygen atoms in total. The fraction of sp³-hybridized carbons (Fsp3) is 0.455. The van der Waals surface area contributed by atoms with E-state index in [-0.39, 0.29) is 11.8 Å². The Morgan fingerprint density at radius 1 is 1.56 bits per heavy atom. The van der Waals surface area contributed by atoms with Gasteiger partial charge in [-0.25, -0.2) is 4.98 Å². The Labute approximate surface area is 94.4 Å². The quantitative estimate of drug-likeness (QED) is 0.742. The SMILES string of the molecule is NCc1ccc(N2CCC(C(N)=O)C2)nc1. The van der Waals surface area contributed by atoms with Gasteiger partial charge < -0.3 is 16.4 Å². The molecular weight excluding hydrogens is 204 g/mol. The van der Waals surface area contributed by atoms with E-state index in [1.807, 2.05) is 12.1 Å². The van der Waals surface area contributed by atoms with Gasteiger partial charge in [-0.1, -0.05) is 6.07 Å². The standard InChI is InChI=1S/C11H16N4O/c12-5-8-1-2-10(14-6-8)15-4-3-9(7-15)11(13)16/h1-2,6,9H,3-5,7,12H2,(H2,13,16). The summed E-state index contributed by atoms with van der Waals surface area (Å²) in [7, 11) is 0. The minimum atomic E-state index is -0.221. The monoisotopic (exact) mass is 220 g/mol. The first-order valence-corrected chi connectivity index (χ1v) is 5.40. The van der Waals surface area contributed by atoms with Gasteiger partial charge in [0, 0.05) is 25.8 Å². The number of aromatic nitrogens is 1. The molecule has 2 heterocycles.